The van der Waals surface area contributed by atoms with Crippen LogP contribution in [0.4, 0.5) is 28.4 Å². The number of benzene rings is 2. The van der Waals surface area contributed by atoms with Gasteiger partial charge < -0.3 is 16.5 Å². The fourth-order valence-corrected chi connectivity index (χ4v) is 3.41. The largest absolute Gasteiger partial charge is 0.355 e. The van der Waals surface area contributed by atoms with Gasteiger partial charge in [-0.05, 0) is 68.4 Å². The van der Waals surface area contributed by atoms with Crippen molar-refractivity contribution >= 4 is 52.0 Å². The fourth-order valence-electron chi connectivity index (χ4n) is 3.26. The van der Waals surface area contributed by atoms with Gasteiger partial charge >= 0.3 is 0 Å². The van der Waals surface area contributed by atoms with E-state index in [2.05, 4.69) is 30.7 Å². The van der Waals surface area contributed by atoms with E-state index in [0.717, 1.165) is 45.4 Å². The second kappa shape index (κ2) is 10.6. The maximum atomic E-state index is 6.22. The van der Waals surface area contributed by atoms with Crippen molar-refractivity contribution in [3.05, 3.63) is 101 Å². The van der Waals surface area contributed by atoms with Gasteiger partial charge in [0.25, 0.3) is 0 Å². The standard InChI is InChI=1S/C26H24ClN7/c1-17-13-23(11-12-29-17)32-21-9-7-20(8-10-21)31-16-26(34-28)19-3-5-22(6-4-19)33-25-14-18(2)30-15-24(25)27/h3-16H,28H2,1-2H3,(H,29,32)(H,30,33)/b31-16?,34-26+. The maximum absolute atomic E-state index is 6.22. The van der Waals surface area contributed by atoms with E-state index >= 15 is 0 Å². The van der Waals surface area contributed by atoms with Crippen molar-refractivity contribution in [2.24, 2.45) is 15.9 Å². The number of pyridine rings is 2. The molecule has 0 saturated carbocycles. The van der Waals surface area contributed by atoms with Gasteiger partial charge in [0.15, 0.2) is 0 Å². The number of nitrogens with zero attached hydrogens (tertiary/aromatic N) is 4. The minimum Gasteiger partial charge on any atom is -0.355 e. The molecule has 4 rings (SSSR count). The molecular weight excluding hydrogens is 446 g/mol. The van der Waals surface area contributed by atoms with Gasteiger partial charge in [-0.2, -0.15) is 5.10 Å². The Hall–Kier alpha value is -4.23. The van der Waals surface area contributed by atoms with E-state index in [1.807, 2.05) is 80.6 Å². The molecule has 0 aliphatic heterocycles. The Morgan fingerprint density at radius 1 is 0.853 bits per heavy atom. The SMILES string of the molecule is Cc1cc(Nc2ccc(N=C/C(=N\N)c3ccc(Nc4cc(C)ncc4Cl)cc3)cc2)ccn1. The summed E-state index contributed by atoms with van der Waals surface area (Å²) in [5.74, 6) is 5.63. The van der Waals surface area contributed by atoms with Crippen LogP contribution in [0.5, 0.6) is 0 Å². The highest BCUT2D eigenvalue weighted by Crippen LogP contribution is 2.25. The summed E-state index contributed by atoms with van der Waals surface area (Å²) < 4.78 is 0. The van der Waals surface area contributed by atoms with Gasteiger partial charge in [0.2, 0.25) is 0 Å². The first-order chi connectivity index (χ1) is 16.5. The molecule has 0 spiro atoms. The molecule has 34 heavy (non-hydrogen) atoms. The Kier molecular flexibility index (Phi) is 7.15. The zero-order chi connectivity index (χ0) is 23.9. The highest BCUT2D eigenvalue weighted by Gasteiger charge is 2.05. The highest BCUT2D eigenvalue weighted by molar-refractivity contribution is 6.38. The van der Waals surface area contributed by atoms with Crippen LogP contribution in [0.1, 0.15) is 17.0 Å². The fraction of sp³-hybridized carbons (Fsp3) is 0.0769. The predicted molar refractivity (Wildman–Crippen MR) is 141 cm³/mol. The van der Waals surface area contributed by atoms with Gasteiger partial charge in [-0.1, -0.05) is 23.7 Å². The lowest BCUT2D eigenvalue weighted by atomic mass is 10.1. The van der Waals surface area contributed by atoms with Gasteiger partial charge in [0, 0.05) is 46.4 Å². The van der Waals surface area contributed by atoms with Crippen LogP contribution in [-0.4, -0.2) is 21.9 Å². The number of nitrogens with two attached hydrogens (primary N) is 1. The smallest absolute Gasteiger partial charge is 0.108 e. The van der Waals surface area contributed by atoms with Crippen LogP contribution < -0.4 is 16.5 Å². The first-order valence-electron chi connectivity index (χ1n) is 10.6. The number of nitrogens with one attached hydrogen (secondary N) is 2. The number of halogens is 1. The molecule has 0 radical (unpaired) electrons. The van der Waals surface area contributed by atoms with Crippen molar-refractivity contribution in [1.29, 1.82) is 0 Å². The molecule has 0 saturated heterocycles. The minimum atomic E-state index is 0.558. The van der Waals surface area contributed by atoms with Crippen molar-refractivity contribution in [1.82, 2.24) is 9.97 Å². The quantitative estimate of drug-likeness (QED) is 0.167. The van der Waals surface area contributed by atoms with Crippen LogP contribution in [0.3, 0.4) is 0 Å². The summed E-state index contributed by atoms with van der Waals surface area (Å²) in [7, 11) is 0. The number of aliphatic imine (C=N–C) groups is 1. The first kappa shape index (κ1) is 22.9. The lowest BCUT2D eigenvalue weighted by molar-refractivity contribution is 1.20. The molecule has 4 N–H and O–H groups in total. The van der Waals surface area contributed by atoms with Gasteiger partial charge in [-0.15, -0.1) is 0 Å². The second-order valence-corrected chi connectivity index (χ2v) is 8.05. The van der Waals surface area contributed by atoms with Gasteiger partial charge in [-0.3, -0.25) is 15.0 Å². The lowest BCUT2D eigenvalue weighted by Crippen LogP contribution is -2.06. The molecule has 4 aromatic rings. The zero-order valence-electron chi connectivity index (χ0n) is 18.8. The molecule has 0 aliphatic rings. The van der Waals surface area contributed by atoms with E-state index in [1.165, 1.54) is 0 Å². The summed E-state index contributed by atoms with van der Waals surface area (Å²) in [4.78, 5) is 12.9. The van der Waals surface area contributed by atoms with Crippen LogP contribution in [0, 0.1) is 13.8 Å². The van der Waals surface area contributed by atoms with Crippen LogP contribution >= 0.6 is 11.6 Å². The maximum Gasteiger partial charge on any atom is 0.108 e. The summed E-state index contributed by atoms with van der Waals surface area (Å²) in [6, 6.07) is 21.3. The molecule has 7 nitrogen and oxygen atoms in total. The molecule has 0 fully saturated rings. The number of aryl methyl sites for hydroxylation is 2. The highest BCUT2D eigenvalue weighted by atomic mass is 35.5. The summed E-state index contributed by atoms with van der Waals surface area (Å²) in [5.41, 5.74) is 7.68. The summed E-state index contributed by atoms with van der Waals surface area (Å²) in [6.07, 6.45) is 5.06. The summed E-state index contributed by atoms with van der Waals surface area (Å²) in [6.45, 7) is 3.88. The van der Waals surface area contributed by atoms with Gasteiger partial charge in [-0.25, -0.2) is 0 Å². The first-order valence-corrected chi connectivity index (χ1v) is 11.0. The molecule has 0 atom stereocenters. The van der Waals surface area contributed by atoms with Gasteiger partial charge in [0.1, 0.15) is 5.71 Å². The molecule has 0 bridgehead atoms. The van der Waals surface area contributed by atoms with Crippen LogP contribution in [0.25, 0.3) is 0 Å². The van der Waals surface area contributed by atoms with Crippen molar-refractivity contribution < 1.29 is 0 Å². The van der Waals surface area contributed by atoms with E-state index in [9.17, 15) is 0 Å². The average molecular weight is 470 g/mol. The van der Waals surface area contributed by atoms with Crippen LogP contribution in [0.15, 0.2) is 89.2 Å². The van der Waals surface area contributed by atoms with Crippen molar-refractivity contribution in [3.63, 3.8) is 0 Å². The van der Waals surface area contributed by atoms with Crippen molar-refractivity contribution in [2.75, 3.05) is 10.6 Å². The molecule has 8 heteroatoms. The third kappa shape index (κ3) is 5.96. The summed E-state index contributed by atoms with van der Waals surface area (Å²) >= 11 is 6.22. The van der Waals surface area contributed by atoms with Crippen LogP contribution in [0.2, 0.25) is 5.02 Å². The second-order valence-electron chi connectivity index (χ2n) is 7.64. The van der Waals surface area contributed by atoms with Crippen LogP contribution in [-0.2, 0) is 0 Å². The van der Waals surface area contributed by atoms with Crippen molar-refractivity contribution in [3.8, 4) is 0 Å². The van der Waals surface area contributed by atoms with Crippen molar-refractivity contribution in [2.45, 2.75) is 13.8 Å². The monoisotopic (exact) mass is 469 g/mol. The average Bonchev–Trinajstić information content (AvgIpc) is 2.84. The number of hydrazone groups is 1. The molecule has 2 aromatic heterocycles. The van der Waals surface area contributed by atoms with E-state index in [1.54, 1.807) is 18.6 Å². The van der Waals surface area contributed by atoms with E-state index in [4.69, 9.17) is 17.4 Å². The topological polar surface area (TPSA) is 101 Å². The predicted octanol–water partition coefficient (Wildman–Crippen LogP) is 6.30. The minimum absolute atomic E-state index is 0.558. The Labute approximate surface area is 203 Å². The molecule has 2 aromatic carbocycles. The number of anilines is 4. The number of hydrogen-bond donors (Lipinski definition) is 3. The Bertz CT molecular complexity index is 1330. The Morgan fingerprint density at radius 2 is 1.53 bits per heavy atom. The molecule has 0 amide bonds. The zero-order valence-corrected chi connectivity index (χ0v) is 19.6. The van der Waals surface area contributed by atoms with Gasteiger partial charge in [0.05, 0.1) is 22.6 Å². The molecule has 2 heterocycles. The Morgan fingerprint density at radius 3 is 2.24 bits per heavy atom. The third-order valence-corrected chi connectivity index (χ3v) is 5.28. The van der Waals surface area contributed by atoms with E-state index < -0.39 is 0 Å². The van der Waals surface area contributed by atoms with E-state index in [0.29, 0.717) is 10.7 Å². The normalized spacial score (nSPS) is 11.6. The number of aromatic nitrogens is 2. The molecule has 170 valence electrons. The number of hydrogen-bond acceptors (Lipinski definition) is 7. The Balaban J connectivity index is 1.41. The molecule has 0 aliphatic carbocycles. The number of rotatable bonds is 7. The lowest BCUT2D eigenvalue weighted by Gasteiger charge is -2.09. The molecule has 0 unspecified atom stereocenters. The van der Waals surface area contributed by atoms with E-state index in [-0.39, 0.29) is 0 Å². The molecular formula is C26H24ClN7. The third-order valence-electron chi connectivity index (χ3n) is 4.98. The summed E-state index contributed by atoms with van der Waals surface area (Å²) in [5, 5.41) is 11.1.